The van der Waals surface area contributed by atoms with Crippen LogP contribution in [0.3, 0.4) is 0 Å². The maximum Gasteiger partial charge on any atom is 0.243 e. The average Bonchev–Trinajstić information content (AvgIpc) is 3.24. The Bertz CT molecular complexity index is 1020. The number of halogens is 1. The molecule has 1 atom stereocenters. The van der Waals surface area contributed by atoms with E-state index in [-0.39, 0.29) is 24.3 Å². The van der Waals surface area contributed by atoms with Gasteiger partial charge in [0.2, 0.25) is 11.9 Å². The van der Waals surface area contributed by atoms with Gasteiger partial charge in [-0.05, 0) is 55.7 Å². The van der Waals surface area contributed by atoms with E-state index in [1.807, 2.05) is 36.1 Å². The van der Waals surface area contributed by atoms with Crippen molar-refractivity contribution in [1.29, 1.82) is 0 Å². The van der Waals surface area contributed by atoms with E-state index in [0.717, 1.165) is 24.1 Å². The monoisotopic (exact) mass is 405 g/mol. The lowest BCUT2D eigenvalue weighted by Crippen LogP contribution is -2.43. The van der Waals surface area contributed by atoms with Gasteiger partial charge >= 0.3 is 0 Å². The van der Waals surface area contributed by atoms with Crippen LogP contribution < -0.4 is 15.5 Å². The minimum atomic E-state index is -0.340. The van der Waals surface area contributed by atoms with Crippen molar-refractivity contribution in [3.63, 3.8) is 0 Å². The largest absolute Gasteiger partial charge is 0.350 e. The first-order valence-electron chi connectivity index (χ1n) is 10.0. The lowest BCUT2D eigenvalue weighted by atomic mass is 10.2. The summed E-state index contributed by atoms with van der Waals surface area (Å²) in [5.74, 6) is 0.790. The van der Waals surface area contributed by atoms with Gasteiger partial charge in [0.15, 0.2) is 0 Å². The number of aryl methyl sites for hydroxylation is 1. The highest BCUT2D eigenvalue weighted by atomic mass is 19.1. The van der Waals surface area contributed by atoms with Crippen LogP contribution >= 0.6 is 0 Å². The number of nitrogens with zero attached hydrogens (tertiary/aromatic N) is 3. The lowest BCUT2D eigenvalue weighted by Gasteiger charge is -2.24. The number of hydrogen-bond acceptors (Lipinski definition) is 5. The number of rotatable bonds is 6. The molecule has 7 heteroatoms. The predicted molar refractivity (Wildman–Crippen MR) is 115 cm³/mol. The molecule has 0 spiro atoms. The van der Waals surface area contributed by atoms with E-state index in [4.69, 9.17) is 0 Å². The highest BCUT2D eigenvalue weighted by molar-refractivity contribution is 5.85. The molecule has 2 heterocycles. The van der Waals surface area contributed by atoms with E-state index in [1.54, 1.807) is 24.4 Å². The summed E-state index contributed by atoms with van der Waals surface area (Å²) in [5.41, 5.74) is 2.86. The summed E-state index contributed by atoms with van der Waals surface area (Å²) in [5, 5.41) is 6.19. The number of aromatic nitrogens is 2. The van der Waals surface area contributed by atoms with E-state index >= 15 is 0 Å². The normalized spacial score (nSPS) is 15.8. The summed E-state index contributed by atoms with van der Waals surface area (Å²) >= 11 is 0. The summed E-state index contributed by atoms with van der Waals surface area (Å²) in [6.07, 6.45) is 3.31. The Labute approximate surface area is 175 Å². The predicted octanol–water partition coefficient (Wildman–Crippen LogP) is 3.95. The van der Waals surface area contributed by atoms with Crippen LogP contribution in [-0.4, -0.2) is 28.5 Å². The molecule has 1 unspecified atom stereocenters. The summed E-state index contributed by atoms with van der Waals surface area (Å²) < 4.78 is 13.3. The van der Waals surface area contributed by atoms with Crippen molar-refractivity contribution in [3.8, 4) is 0 Å². The van der Waals surface area contributed by atoms with Crippen molar-refractivity contribution >= 4 is 23.4 Å². The van der Waals surface area contributed by atoms with Crippen molar-refractivity contribution in [2.45, 2.75) is 32.4 Å². The molecule has 2 N–H and O–H groups in total. The zero-order chi connectivity index (χ0) is 20.9. The van der Waals surface area contributed by atoms with E-state index in [0.29, 0.717) is 18.3 Å². The van der Waals surface area contributed by atoms with Gasteiger partial charge in [-0.1, -0.05) is 29.8 Å². The number of nitrogens with one attached hydrogen (secondary N) is 2. The fraction of sp³-hybridized carbons (Fsp3) is 0.261. The molecule has 1 aromatic heterocycles. The summed E-state index contributed by atoms with van der Waals surface area (Å²) in [7, 11) is 0. The summed E-state index contributed by atoms with van der Waals surface area (Å²) in [4.78, 5) is 23.7. The molecule has 1 aliphatic rings. The molecule has 0 bridgehead atoms. The Hall–Kier alpha value is -3.48. The molecule has 154 valence electrons. The Morgan fingerprint density at radius 3 is 2.83 bits per heavy atom. The Morgan fingerprint density at radius 1 is 1.20 bits per heavy atom. The fourth-order valence-electron chi connectivity index (χ4n) is 3.57. The molecular weight excluding hydrogens is 381 g/mol. The third-order valence-electron chi connectivity index (χ3n) is 5.13. The van der Waals surface area contributed by atoms with E-state index in [2.05, 4.69) is 20.6 Å². The Morgan fingerprint density at radius 2 is 2.03 bits per heavy atom. The van der Waals surface area contributed by atoms with Crippen LogP contribution in [0.2, 0.25) is 0 Å². The highest BCUT2D eigenvalue weighted by Crippen LogP contribution is 2.24. The van der Waals surface area contributed by atoms with Crippen LogP contribution in [-0.2, 0) is 11.3 Å². The lowest BCUT2D eigenvalue weighted by molar-refractivity contribution is -0.122. The maximum atomic E-state index is 13.3. The van der Waals surface area contributed by atoms with Gasteiger partial charge in [0.25, 0.3) is 0 Å². The second-order valence-electron chi connectivity index (χ2n) is 7.43. The van der Waals surface area contributed by atoms with Gasteiger partial charge in [-0.3, -0.25) is 4.79 Å². The second kappa shape index (κ2) is 8.90. The van der Waals surface area contributed by atoms with Crippen LogP contribution in [0.1, 0.15) is 24.0 Å². The second-order valence-corrected chi connectivity index (χ2v) is 7.43. The van der Waals surface area contributed by atoms with Crippen molar-refractivity contribution in [2.24, 2.45) is 0 Å². The molecule has 1 aliphatic heterocycles. The minimum absolute atomic E-state index is 0.0998. The number of benzene rings is 2. The van der Waals surface area contributed by atoms with Crippen LogP contribution in [0.15, 0.2) is 60.8 Å². The number of carbonyl (C=O) groups is 1. The van der Waals surface area contributed by atoms with E-state index < -0.39 is 0 Å². The topological polar surface area (TPSA) is 70.2 Å². The molecule has 3 aromatic rings. The van der Waals surface area contributed by atoms with Crippen molar-refractivity contribution < 1.29 is 9.18 Å². The molecule has 0 saturated carbocycles. The molecular formula is C23H24FN5O. The average molecular weight is 405 g/mol. The van der Waals surface area contributed by atoms with E-state index in [9.17, 15) is 9.18 Å². The number of carbonyl (C=O) groups excluding carboxylic acids is 1. The van der Waals surface area contributed by atoms with Crippen LogP contribution in [0.5, 0.6) is 0 Å². The Balaban J connectivity index is 1.43. The zero-order valence-electron chi connectivity index (χ0n) is 16.8. The molecule has 4 rings (SSSR count). The van der Waals surface area contributed by atoms with Gasteiger partial charge in [0, 0.05) is 25.0 Å². The van der Waals surface area contributed by atoms with Crippen molar-refractivity contribution in [1.82, 2.24) is 15.3 Å². The minimum Gasteiger partial charge on any atom is -0.350 e. The standard InChI is InChI=1S/C23H24FN5O/c1-16-7-9-19(10-8-16)27-21-11-12-25-23(28-21)29-13-3-6-20(29)22(30)26-15-17-4-2-5-18(24)14-17/h2,4-5,7-12,14,20H,3,6,13,15H2,1H3,(H,26,30)(H,25,27,28). The van der Waals surface area contributed by atoms with Gasteiger partial charge in [0.05, 0.1) is 0 Å². The first-order chi connectivity index (χ1) is 14.6. The molecule has 1 saturated heterocycles. The Kier molecular flexibility index (Phi) is 5.88. The zero-order valence-corrected chi connectivity index (χ0v) is 16.8. The van der Waals surface area contributed by atoms with Gasteiger partial charge in [-0.2, -0.15) is 4.98 Å². The van der Waals surface area contributed by atoms with Gasteiger partial charge < -0.3 is 15.5 Å². The van der Waals surface area contributed by atoms with Crippen LogP contribution in [0, 0.1) is 12.7 Å². The molecule has 2 aromatic carbocycles. The molecule has 1 fully saturated rings. The summed E-state index contributed by atoms with van der Waals surface area (Å²) in [6.45, 7) is 3.04. The number of hydrogen-bond donors (Lipinski definition) is 2. The fourth-order valence-corrected chi connectivity index (χ4v) is 3.57. The quantitative estimate of drug-likeness (QED) is 0.650. The molecule has 0 radical (unpaired) electrons. The van der Waals surface area contributed by atoms with Crippen LogP contribution in [0.25, 0.3) is 0 Å². The third-order valence-corrected chi connectivity index (χ3v) is 5.13. The first-order valence-corrected chi connectivity index (χ1v) is 10.0. The van der Waals surface area contributed by atoms with E-state index in [1.165, 1.54) is 17.7 Å². The van der Waals surface area contributed by atoms with Crippen molar-refractivity contribution in [2.75, 3.05) is 16.8 Å². The van der Waals surface area contributed by atoms with Crippen LogP contribution in [0.4, 0.5) is 21.8 Å². The summed E-state index contributed by atoms with van der Waals surface area (Å²) in [6, 6.07) is 15.8. The van der Waals surface area contributed by atoms with Crippen molar-refractivity contribution in [3.05, 3.63) is 77.7 Å². The smallest absolute Gasteiger partial charge is 0.243 e. The molecule has 1 amide bonds. The maximum absolute atomic E-state index is 13.3. The van der Waals surface area contributed by atoms with Gasteiger partial charge in [-0.15, -0.1) is 0 Å². The third kappa shape index (κ3) is 4.74. The van der Waals surface area contributed by atoms with Gasteiger partial charge in [0.1, 0.15) is 17.7 Å². The highest BCUT2D eigenvalue weighted by Gasteiger charge is 2.32. The SMILES string of the molecule is Cc1ccc(Nc2ccnc(N3CCCC3C(=O)NCc3cccc(F)c3)n2)cc1. The molecule has 6 nitrogen and oxygen atoms in total. The molecule has 30 heavy (non-hydrogen) atoms. The van der Waals surface area contributed by atoms with Gasteiger partial charge in [-0.25, -0.2) is 9.37 Å². The number of anilines is 3. The first kappa shape index (κ1) is 19.8. The number of amides is 1. The molecule has 0 aliphatic carbocycles.